The molecule has 31 heavy (non-hydrogen) atoms. The van der Waals surface area contributed by atoms with Gasteiger partial charge in [-0.05, 0) is 42.0 Å². The Morgan fingerprint density at radius 2 is 1.65 bits per heavy atom. The summed E-state index contributed by atoms with van der Waals surface area (Å²) in [5, 5.41) is 8.68. The molecule has 1 atom stereocenters. The average Bonchev–Trinajstić information content (AvgIpc) is 3.26. The van der Waals surface area contributed by atoms with Gasteiger partial charge in [0.05, 0.1) is 33.8 Å². The average molecular weight is 426 g/mol. The highest BCUT2D eigenvalue weighted by Gasteiger charge is 2.12. The highest BCUT2D eigenvalue weighted by molar-refractivity contribution is 7.84. The van der Waals surface area contributed by atoms with E-state index in [0.717, 1.165) is 32.9 Å². The van der Waals surface area contributed by atoms with Crippen LogP contribution in [0.15, 0.2) is 102 Å². The lowest BCUT2D eigenvalue weighted by Gasteiger charge is -2.09. The first-order valence-electron chi connectivity index (χ1n) is 9.81. The molecular weight excluding hydrogens is 406 g/mol. The molecule has 0 aliphatic carbocycles. The van der Waals surface area contributed by atoms with E-state index in [4.69, 9.17) is 0 Å². The summed E-state index contributed by atoms with van der Waals surface area (Å²) in [6, 6.07) is 27.3. The lowest BCUT2D eigenvalue weighted by atomic mass is 10.2. The minimum Gasteiger partial charge on any atom is -0.340 e. The van der Waals surface area contributed by atoms with Gasteiger partial charge in [0.1, 0.15) is 12.1 Å². The highest BCUT2D eigenvalue weighted by Crippen LogP contribution is 2.25. The number of nitrogens with zero attached hydrogens (tertiary/aromatic N) is 4. The molecule has 1 unspecified atom stereocenters. The van der Waals surface area contributed by atoms with Gasteiger partial charge in [-0.1, -0.05) is 48.5 Å². The lowest BCUT2D eigenvalue weighted by Crippen LogP contribution is -2.00. The lowest BCUT2D eigenvalue weighted by molar-refractivity contribution is 0.682. The van der Waals surface area contributed by atoms with E-state index in [1.807, 2.05) is 84.9 Å². The summed E-state index contributed by atoms with van der Waals surface area (Å²) in [5.74, 6) is 1.12. The minimum atomic E-state index is -1.10. The first-order valence-corrected chi connectivity index (χ1v) is 11.1. The van der Waals surface area contributed by atoms with Gasteiger partial charge in [0.25, 0.3) is 0 Å². The van der Waals surface area contributed by atoms with Crippen molar-refractivity contribution in [3.63, 3.8) is 0 Å². The van der Waals surface area contributed by atoms with Crippen molar-refractivity contribution in [1.29, 1.82) is 0 Å². The van der Waals surface area contributed by atoms with Crippen LogP contribution in [0.1, 0.15) is 5.56 Å². The van der Waals surface area contributed by atoms with Gasteiger partial charge in [-0.25, -0.2) is 14.6 Å². The number of hydrogen-bond donors (Lipinski definition) is 1. The van der Waals surface area contributed by atoms with Crippen LogP contribution < -0.4 is 5.32 Å². The third kappa shape index (κ3) is 4.08. The summed E-state index contributed by atoms with van der Waals surface area (Å²) < 4.78 is 14.4. The zero-order chi connectivity index (χ0) is 21.0. The molecule has 0 bridgehead atoms. The summed E-state index contributed by atoms with van der Waals surface area (Å²) in [7, 11) is -1.10. The monoisotopic (exact) mass is 425 g/mol. The number of aromatic nitrogens is 4. The van der Waals surface area contributed by atoms with E-state index in [9.17, 15) is 4.21 Å². The smallest absolute Gasteiger partial charge is 0.168 e. The van der Waals surface area contributed by atoms with Crippen molar-refractivity contribution in [3.8, 4) is 5.69 Å². The molecule has 0 saturated heterocycles. The standard InChI is InChI=1S/C24H19N5OS/c30-31(21-12-5-2-6-13-21)16-18-8-7-9-19(14-18)28-23-22-15-27-29(24(22)26-17-25-23)20-10-3-1-4-11-20/h1-15,17H,16H2,(H,25,26,28). The van der Waals surface area contributed by atoms with E-state index in [1.165, 1.54) is 6.33 Å². The van der Waals surface area contributed by atoms with Gasteiger partial charge in [-0.2, -0.15) is 5.10 Å². The summed E-state index contributed by atoms with van der Waals surface area (Å²) in [6.07, 6.45) is 3.29. The fraction of sp³-hybridized carbons (Fsp3) is 0.0417. The third-order valence-corrected chi connectivity index (χ3v) is 6.25. The predicted octanol–water partition coefficient (Wildman–Crippen LogP) is 4.87. The first-order chi connectivity index (χ1) is 15.3. The van der Waals surface area contributed by atoms with Gasteiger partial charge in [-0.15, -0.1) is 0 Å². The van der Waals surface area contributed by atoms with Crippen LogP contribution in [0.4, 0.5) is 11.5 Å². The van der Waals surface area contributed by atoms with E-state index in [-0.39, 0.29) is 0 Å². The van der Waals surface area contributed by atoms with E-state index < -0.39 is 10.8 Å². The molecule has 2 heterocycles. The first kappa shape index (κ1) is 19.1. The maximum atomic E-state index is 12.7. The molecule has 0 aliphatic rings. The van der Waals surface area contributed by atoms with Gasteiger partial charge in [-0.3, -0.25) is 4.21 Å². The van der Waals surface area contributed by atoms with Gasteiger partial charge in [0.15, 0.2) is 5.65 Å². The number of anilines is 2. The number of para-hydroxylation sites is 1. The van der Waals surface area contributed by atoms with Crippen LogP contribution in [0.2, 0.25) is 0 Å². The molecule has 0 radical (unpaired) electrons. The largest absolute Gasteiger partial charge is 0.340 e. The molecule has 5 rings (SSSR count). The highest BCUT2D eigenvalue weighted by atomic mass is 32.2. The molecule has 5 aromatic rings. The molecule has 152 valence electrons. The van der Waals surface area contributed by atoms with Gasteiger partial charge in [0.2, 0.25) is 0 Å². The molecule has 7 heteroatoms. The Bertz CT molecular complexity index is 1350. The molecular formula is C24H19N5OS. The van der Waals surface area contributed by atoms with Crippen molar-refractivity contribution in [1.82, 2.24) is 19.7 Å². The van der Waals surface area contributed by atoms with Gasteiger partial charge >= 0.3 is 0 Å². The molecule has 0 spiro atoms. The summed E-state index contributed by atoms with van der Waals surface area (Å²) in [6.45, 7) is 0. The van der Waals surface area contributed by atoms with Crippen LogP contribution in [0.5, 0.6) is 0 Å². The summed E-state index contributed by atoms with van der Waals surface area (Å²) >= 11 is 0. The Hall–Kier alpha value is -3.84. The van der Waals surface area contributed by atoms with Crippen LogP contribution in [0.3, 0.4) is 0 Å². The van der Waals surface area contributed by atoms with Crippen LogP contribution in [0.25, 0.3) is 16.7 Å². The Labute approximate surface area is 182 Å². The quantitative estimate of drug-likeness (QED) is 0.420. The third-order valence-electron chi connectivity index (χ3n) is 4.86. The normalized spacial score (nSPS) is 12.0. The van der Waals surface area contributed by atoms with Crippen LogP contribution in [-0.2, 0) is 16.6 Å². The van der Waals surface area contributed by atoms with Gasteiger partial charge in [0, 0.05) is 10.6 Å². The SMILES string of the molecule is O=S(Cc1cccc(Nc2ncnc3c2cnn3-c2ccccc2)c1)c1ccccc1. The number of benzene rings is 3. The fourth-order valence-corrected chi connectivity index (χ4v) is 4.49. The van der Waals surface area contributed by atoms with Crippen LogP contribution in [-0.4, -0.2) is 24.0 Å². The second kappa shape index (κ2) is 8.49. The molecule has 3 aromatic carbocycles. The Morgan fingerprint density at radius 3 is 2.45 bits per heavy atom. The molecule has 0 fully saturated rings. The van der Waals surface area contributed by atoms with Crippen molar-refractivity contribution in [2.24, 2.45) is 0 Å². The van der Waals surface area contributed by atoms with E-state index in [1.54, 1.807) is 10.9 Å². The predicted molar refractivity (Wildman–Crippen MR) is 123 cm³/mol. The molecule has 0 saturated carbocycles. The molecule has 0 amide bonds. The van der Waals surface area contributed by atoms with E-state index in [0.29, 0.717) is 11.6 Å². The second-order valence-corrected chi connectivity index (χ2v) is 8.43. The number of fused-ring (bicyclic) bond motifs is 1. The Kier molecular flexibility index (Phi) is 5.24. The maximum Gasteiger partial charge on any atom is 0.168 e. The molecule has 1 N–H and O–H groups in total. The Morgan fingerprint density at radius 1 is 0.871 bits per heavy atom. The van der Waals surface area contributed by atoms with Crippen molar-refractivity contribution in [2.75, 3.05) is 5.32 Å². The number of rotatable bonds is 6. The van der Waals surface area contributed by atoms with Crippen LogP contribution >= 0.6 is 0 Å². The minimum absolute atomic E-state index is 0.449. The van der Waals surface area contributed by atoms with Gasteiger partial charge < -0.3 is 5.32 Å². The van der Waals surface area contributed by atoms with Crippen LogP contribution in [0, 0.1) is 0 Å². The summed E-state index contributed by atoms with van der Waals surface area (Å²) in [5.41, 5.74) is 3.52. The molecule has 6 nitrogen and oxygen atoms in total. The fourth-order valence-electron chi connectivity index (χ4n) is 3.38. The maximum absolute atomic E-state index is 12.7. The number of hydrogen-bond acceptors (Lipinski definition) is 5. The zero-order valence-corrected chi connectivity index (χ0v) is 17.4. The second-order valence-electron chi connectivity index (χ2n) is 6.98. The van der Waals surface area contributed by atoms with E-state index >= 15 is 0 Å². The van der Waals surface area contributed by atoms with Crippen molar-refractivity contribution < 1.29 is 4.21 Å². The molecule has 2 aromatic heterocycles. The van der Waals surface area contributed by atoms with E-state index in [2.05, 4.69) is 20.4 Å². The van der Waals surface area contributed by atoms with Crippen molar-refractivity contribution >= 4 is 33.3 Å². The van der Waals surface area contributed by atoms with Crippen molar-refractivity contribution in [3.05, 3.63) is 103 Å². The molecule has 0 aliphatic heterocycles. The zero-order valence-electron chi connectivity index (χ0n) is 16.6. The van der Waals surface area contributed by atoms with Crippen molar-refractivity contribution in [2.45, 2.75) is 10.6 Å². The topological polar surface area (TPSA) is 72.7 Å². The number of nitrogens with one attached hydrogen (secondary N) is 1. The summed E-state index contributed by atoms with van der Waals surface area (Å²) in [4.78, 5) is 9.66. The Balaban J connectivity index is 1.41.